The molecule has 0 saturated heterocycles. The molecule has 32 heavy (non-hydrogen) atoms. The summed E-state index contributed by atoms with van der Waals surface area (Å²) in [5, 5.41) is 4.03. The number of aromatic nitrogens is 1. The van der Waals surface area contributed by atoms with E-state index in [1.54, 1.807) is 37.6 Å². The molecule has 166 valence electrons. The van der Waals surface area contributed by atoms with Crippen molar-refractivity contribution in [2.45, 2.75) is 33.4 Å². The van der Waals surface area contributed by atoms with Crippen molar-refractivity contribution in [1.29, 1.82) is 0 Å². The number of rotatable bonds is 8. The molecule has 0 unspecified atom stereocenters. The first-order valence-electron chi connectivity index (χ1n) is 10.3. The zero-order chi connectivity index (χ0) is 23.1. The van der Waals surface area contributed by atoms with Crippen molar-refractivity contribution in [2.24, 2.45) is 5.10 Å². The van der Waals surface area contributed by atoms with Crippen molar-refractivity contribution < 1.29 is 14.3 Å². The number of hydrazone groups is 1. The summed E-state index contributed by atoms with van der Waals surface area (Å²) in [4.78, 5) is 25.0. The molecule has 1 N–H and O–H groups in total. The second-order valence-corrected chi connectivity index (χ2v) is 7.58. The molecule has 1 amide bonds. The Balaban J connectivity index is 1.78. The number of amides is 1. The minimum absolute atomic E-state index is 0.0277. The van der Waals surface area contributed by atoms with Gasteiger partial charge in [-0.15, -0.1) is 0 Å². The molecule has 0 spiro atoms. The molecule has 0 aliphatic carbocycles. The number of hydrogen-bond donors (Lipinski definition) is 1. The Kier molecular flexibility index (Phi) is 7.44. The smallest absolute Gasteiger partial charge is 0.276 e. The first-order valence-corrected chi connectivity index (χ1v) is 10.3. The Morgan fingerprint density at radius 3 is 2.66 bits per heavy atom. The van der Waals surface area contributed by atoms with E-state index in [0.29, 0.717) is 23.7 Å². The Labute approximate surface area is 187 Å². The molecular formula is C25H27N3O4. The van der Waals surface area contributed by atoms with Gasteiger partial charge < -0.3 is 14.0 Å². The SMILES string of the molecule is COc1cccc(/C=N\NC(=O)c2cccn(C(C)C)c2=O)c1OCc1cccc(C)c1. The van der Waals surface area contributed by atoms with Crippen molar-refractivity contribution in [3.8, 4) is 11.5 Å². The fraction of sp³-hybridized carbons (Fsp3) is 0.240. The molecule has 0 radical (unpaired) electrons. The largest absolute Gasteiger partial charge is 0.493 e. The number of carbonyl (C=O) groups is 1. The van der Waals surface area contributed by atoms with E-state index >= 15 is 0 Å². The van der Waals surface area contributed by atoms with Crippen molar-refractivity contribution in [3.05, 3.63) is 93.4 Å². The summed E-state index contributed by atoms with van der Waals surface area (Å²) in [5.74, 6) is 0.485. The number of aryl methyl sites for hydroxylation is 1. The van der Waals surface area contributed by atoms with Gasteiger partial charge in [0.2, 0.25) is 0 Å². The van der Waals surface area contributed by atoms with Gasteiger partial charge in [-0.1, -0.05) is 35.9 Å². The van der Waals surface area contributed by atoms with Crippen LogP contribution in [0.15, 0.2) is 70.7 Å². The molecule has 0 atom stereocenters. The van der Waals surface area contributed by atoms with Crippen LogP contribution in [0, 0.1) is 6.92 Å². The van der Waals surface area contributed by atoms with Crippen LogP contribution in [0.5, 0.6) is 11.5 Å². The van der Waals surface area contributed by atoms with Gasteiger partial charge in [0, 0.05) is 17.8 Å². The van der Waals surface area contributed by atoms with E-state index in [-0.39, 0.29) is 17.2 Å². The van der Waals surface area contributed by atoms with Gasteiger partial charge >= 0.3 is 0 Å². The van der Waals surface area contributed by atoms with Gasteiger partial charge in [0.05, 0.1) is 13.3 Å². The number of nitrogens with one attached hydrogen (secondary N) is 1. The first kappa shape index (κ1) is 22.8. The van der Waals surface area contributed by atoms with E-state index in [1.807, 2.05) is 45.0 Å². The number of hydrogen-bond acceptors (Lipinski definition) is 5. The average Bonchev–Trinajstić information content (AvgIpc) is 2.77. The van der Waals surface area contributed by atoms with Crippen LogP contribution in [0.3, 0.4) is 0 Å². The van der Waals surface area contributed by atoms with Crippen LogP contribution in [0.1, 0.15) is 46.9 Å². The molecule has 7 heteroatoms. The molecule has 7 nitrogen and oxygen atoms in total. The maximum absolute atomic E-state index is 12.5. The number of methoxy groups -OCH3 is 1. The molecule has 0 bridgehead atoms. The van der Waals surface area contributed by atoms with Gasteiger partial charge in [-0.2, -0.15) is 5.10 Å². The first-order chi connectivity index (χ1) is 15.4. The summed E-state index contributed by atoms with van der Waals surface area (Å²) in [5.41, 5.74) is 4.89. The van der Waals surface area contributed by atoms with Crippen molar-refractivity contribution in [3.63, 3.8) is 0 Å². The average molecular weight is 434 g/mol. The highest BCUT2D eigenvalue weighted by atomic mass is 16.5. The highest BCUT2D eigenvalue weighted by molar-refractivity contribution is 5.94. The van der Waals surface area contributed by atoms with Gasteiger partial charge in [-0.05, 0) is 50.6 Å². The highest BCUT2D eigenvalue weighted by Crippen LogP contribution is 2.30. The zero-order valence-electron chi connectivity index (χ0n) is 18.7. The van der Waals surface area contributed by atoms with E-state index in [1.165, 1.54) is 16.8 Å². The summed E-state index contributed by atoms with van der Waals surface area (Å²) >= 11 is 0. The highest BCUT2D eigenvalue weighted by Gasteiger charge is 2.13. The van der Waals surface area contributed by atoms with Crippen molar-refractivity contribution in [1.82, 2.24) is 9.99 Å². The topological polar surface area (TPSA) is 81.9 Å². The van der Waals surface area contributed by atoms with E-state index in [4.69, 9.17) is 9.47 Å². The summed E-state index contributed by atoms with van der Waals surface area (Å²) in [6, 6.07) is 16.5. The van der Waals surface area contributed by atoms with Gasteiger partial charge in [-0.25, -0.2) is 5.43 Å². The zero-order valence-corrected chi connectivity index (χ0v) is 18.7. The lowest BCUT2D eigenvalue weighted by atomic mass is 10.1. The Hall–Kier alpha value is -3.87. The van der Waals surface area contributed by atoms with Crippen LogP contribution < -0.4 is 20.5 Å². The maximum atomic E-state index is 12.5. The lowest BCUT2D eigenvalue weighted by Crippen LogP contribution is -2.31. The quantitative estimate of drug-likeness (QED) is 0.429. The van der Waals surface area contributed by atoms with Crippen LogP contribution in [0.4, 0.5) is 0 Å². The van der Waals surface area contributed by atoms with Crippen LogP contribution in [-0.2, 0) is 6.61 Å². The summed E-state index contributed by atoms with van der Waals surface area (Å²) < 4.78 is 12.9. The fourth-order valence-electron chi connectivity index (χ4n) is 3.22. The second-order valence-electron chi connectivity index (χ2n) is 7.58. The van der Waals surface area contributed by atoms with Gasteiger partial charge in [-0.3, -0.25) is 9.59 Å². The molecule has 1 aromatic heterocycles. The number of carbonyl (C=O) groups excluding carboxylic acids is 1. The second kappa shape index (κ2) is 10.4. The van der Waals surface area contributed by atoms with E-state index in [2.05, 4.69) is 10.5 Å². The third-order valence-electron chi connectivity index (χ3n) is 4.84. The van der Waals surface area contributed by atoms with Crippen LogP contribution in [0.25, 0.3) is 0 Å². The Morgan fingerprint density at radius 2 is 1.94 bits per heavy atom. The number of benzene rings is 2. The van der Waals surface area contributed by atoms with Crippen LogP contribution in [0.2, 0.25) is 0 Å². The third kappa shape index (κ3) is 5.43. The number of pyridine rings is 1. The van der Waals surface area contributed by atoms with Crippen LogP contribution >= 0.6 is 0 Å². The number of para-hydroxylation sites is 1. The van der Waals surface area contributed by atoms with E-state index in [9.17, 15) is 9.59 Å². The summed E-state index contributed by atoms with van der Waals surface area (Å²) in [6.45, 7) is 6.13. The number of nitrogens with zero attached hydrogens (tertiary/aromatic N) is 2. The predicted molar refractivity (Wildman–Crippen MR) is 125 cm³/mol. The molecule has 0 aliphatic rings. The minimum Gasteiger partial charge on any atom is -0.493 e. The molecule has 0 aliphatic heterocycles. The molecule has 0 fully saturated rings. The Bertz CT molecular complexity index is 1180. The Morgan fingerprint density at radius 1 is 1.16 bits per heavy atom. The van der Waals surface area contributed by atoms with Gasteiger partial charge in [0.25, 0.3) is 11.5 Å². The van der Waals surface area contributed by atoms with Crippen LogP contribution in [-0.4, -0.2) is 23.8 Å². The minimum atomic E-state index is -0.577. The van der Waals surface area contributed by atoms with E-state index < -0.39 is 5.91 Å². The predicted octanol–water partition coefficient (Wildman–Crippen LogP) is 4.09. The third-order valence-corrected chi connectivity index (χ3v) is 4.84. The van der Waals surface area contributed by atoms with Gasteiger partial charge in [0.1, 0.15) is 12.2 Å². The summed E-state index contributed by atoms with van der Waals surface area (Å²) in [6.07, 6.45) is 3.12. The lowest BCUT2D eigenvalue weighted by Gasteiger charge is -2.13. The normalized spacial score (nSPS) is 11.0. The molecule has 3 aromatic rings. The van der Waals surface area contributed by atoms with Crippen molar-refractivity contribution >= 4 is 12.1 Å². The van der Waals surface area contributed by atoms with E-state index in [0.717, 1.165) is 11.1 Å². The lowest BCUT2D eigenvalue weighted by molar-refractivity contribution is 0.0953. The number of ether oxygens (including phenoxy) is 2. The molecule has 1 heterocycles. The van der Waals surface area contributed by atoms with Crippen molar-refractivity contribution in [2.75, 3.05) is 7.11 Å². The monoisotopic (exact) mass is 433 g/mol. The van der Waals surface area contributed by atoms with Gasteiger partial charge in [0.15, 0.2) is 11.5 Å². The molecule has 0 saturated carbocycles. The molecule has 2 aromatic carbocycles. The molecule has 3 rings (SSSR count). The molecular weight excluding hydrogens is 406 g/mol. The maximum Gasteiger partial charge on any atom is 0.276 e. The fourth-order valence-corrected chi connectivity index (χ4v) is 3.22. The standard InChI is InChI=1S/C25H27N3O4/c1-17(2)28-13-7-11-21(25(28)30)24(29)27-26-15-20-10-6-12-22(31-4)23(20)32-16-19-9-5-8-18(3)14-19/h5-15,17H,16H2,1-4H3,(H,27,29)/b26-15-. The summed E-state index contributed by atoms with van der Waals surface area (Å²) in [7, 11) is 1.56.